The summed E-state index contributed by atoms with van der Waals surface area (Å²) < 4.78 is 40.7. The van der Waals surface area contributed by atoms with Crippen LogP contribution in [0.5, 0.6) is 0 Å². The smallest absolute Gasteiger partial charge is 0.234 e. The van der Waals surface area contributed by atoms with Gasteiger partial charge in [0, 0.05) is 30.3 Å². The maximum Gasteiger partial charge on any atom is 0.234 e. The molecule has 0 bridgehead atoms. The third-order valence-corrected chi connectivity index (χ3v) is 7.86. The number of piperidine rings is 1. The molecule has 2 aromatic rings. The van der Waals surface area contributed by atoms with E-state index in [1.165, 1.54) is 16.4 Å². The van der Waals surface area contributed by atoms with Gasteiger partial charge in [-0.1, -0.05) is 23.7 Å². The largest absolute Gasteiger partial charge is 0.312 e. The molecule has 8 heteroatoms. The van der Waals surface area contributed by atoms with E-state index in [0.29, 0.717) is 48.6 Å². The van der Waals surface area contributed by atoms with E-state index in [9.17, 15) is 17.6 Å². The topological polar surface area (TPSA) is 57.7 Å². The normalized spacial score (nSPS) is 23.1. The van der Waals surface area contributed by atoms with Crippen molar-refractivity contribution in [2.75, 3.05) is 24.5 Å². The molecule has 2 saturated heterocycles. The molecule has 0 aliphatic carbocycles. The number of carbonyl (C=O) groups excluding carboxylic acids is 1. The molecule has 2 aliphatic heterocycles. The first-order valence-corrected chi connectivity index (χ1v) is 11.6. The Morgan fingerprint density at radius 1 is 1.07 bits per heavy atom. The fraction of sp³-hybridized carbons (Fsp3) is 0.381. The lowest BCUT2D eigenvalue weighted by Gasteiger charge is -2.38. The number of carbonyl (C=O) groups is 1. The van der Waals surface area contributed by atoms with E-state index in [1.54, 1.807) is 41.3 Å². The van der Waals surface area contributed by atoms with E-state index >= 15 is 0 Å². The minimum absolute atomic E-state index is 0.0771. The summed E-state index contributed by atoms with van der Waals surface area (Å²) >= 11 is 5.98. The number of sulfonamides is 1. The van der Waals surface area contributed by atoms with E-state index in [-0.39, 0.29) is 24.0 Å². The van der Waals surface area contributed by atoms with Crippen molar-refractivity contribution in [2.24, 2.45) is 5.41 Å². The average molecular weight is 437 g/mol. The van der Waals surface area contributed by atoms with Crippen molar-refractivity contribution in [3.05, 3.63) is 64.9 Å². The lowest BCUT2D eigenvalue weighted by molar-refractivity contribution is -0.127. The van der Waals surface area contributed by atoms with Gasteiger partial charge in [-0.25, -0.2) is 17.1 Å². The molecule has 2 fully saturated rings. The zero-order chi connectivity index (χ0) is 20.6. The van der Waals surface area contributed by atoms with E-state index in [0.717, 1.165) is 0 Å². The summed E-state index contributed by atoms with van der Waals surface area (Å²) in [6.45, 7) is 1.10. The minimum atomic E-state index is -3.57. The molecule has 29 heavy (non-hydrogen) atoms. The number of amides is 1. The zero-order valence-corrected chi connectivity index (χ0v) is 17.4. The monoisotopic (exact) mass is 436 g/mol. The van der Waals surface area contributed by atoms with Gasteiger partial charge in [0.25, 0.3) is 0 Å². The summed E-state index contributed by atoms with van der Waals surface area (Å²) in [6.07, 6.45) is 1.89. The number of hydrogen-bond acceptors (Lipinski definition) is 3. The van der Waals surface area contributed by atoms with Gasteiger partial charge in [-0.15, -0.1) is 0 Å². The lowest BCUT2D eigenvalue weighted by Crippen LogP contribution is -2.50. The van der Waals surface area contributed by atoms with Crippen LogP contribution in [-0.4, -0.2) is 38.3 Å². The van der Waals surface area contributed by atoms with Crippen molar-refractivity contribution in [3.8, 4) is 0 Å². The first-order chi connectivity index (χ1) is 13.8. The van der Waals surface area contributed by atoms with E-state index in [1.807, 2.05) is 0 Å². The number of anilines is 1. The van der Waals surface area contributed by atoms with Gasteiger partial charge in [-0.3, -0.25) is 4.79 Å². The van der Waals surface area contributed by atoms with Crippen LogP contribution in [0.2, 0.25) is 5.02 Å². The van der Waals surface area contributed by atoms with E-state index in [4.69, 9.17) is 11.6 Å². The molecule has 2 aliphatic rings. The van der Waals surface area contributed by atoms with Crippen LogP contribution < -0.4 is 4.90 Å². The highest BCUT2D eigenvalue weighted by molar-refractivity contribution is 7.88. The van der Waals surface area contributed by atoms with Gasteiger partial charge < -0.3 is 4.90 Å². The Bertz CT molecular complexity index is 1030. The first kappa shape index (κ1) is 20.3. The van der Waals surface area contributed by atoms with E-state index < -0.39 is 15.4 Å². The Labute approximate surface area is 175 Å². The van der Waals surface area contributed by atoms with Gasteiger partial charge in [-0.05, 0) is 61.2 Å². The highest BCUT2D eigenvalue weighted by atomic mass is 35.5. The molecule has 1 spiro atoms. The van der Waals surface area contributed by atoms with Crippen molar-refractivity contribution >= 4 is 33.2 Å². The molecule has 5 nitrogen and oxygen atoms in total. The third-order valence-electron chi connectivity index (χ3n) is 5.82. The van der Waals surface area contributed by atoms with Crippen LogP contribution in [-0.2, 0) is 20.6 Å². The Morgan fingerprint density at radius 3 is 2.55 bits per heavy atom. The van der Waals surface area contributed by atoms with Crippen LogP contribution in [0.25, 0.3) is 0 Å². The summed E-state index contributed by atoms with van der Waals surface area (Å²) in [5.74, 6) is -0.572. The number of halogens is 2. The molecule has 4 rings (SSSR count). The Kier molecular flexibility index (Phi) is 5.40. The SMILES string of the molecule is O=C1N(c2ccc(F)cc2)CCC12CCCN(S(=O)(=O)Cc1cccc(Cl)c1)C2. The standard InChI is InChI=1S/C21H22ClFN2O3S/c22-17-4-1-3-16(13-17)14-29(27,28)24-11-2-9-21(15-24)10-12-25(20(21)26)19-7-5-18(23)6-8-19/h1,3-8,13H,2,9-12,14-15H2. The van der Waals surface area contributed by atoms with Crippen LogP contribution in [0.4, 0.5) is 10.1 Å². The minimum Gasteiger partial charge on any atom is -0.312 e. The molecule has 0 saturated carbocycles. The van der Waals surface area contributed by atoms with Gasteiger partial charge >= 0.3 is 0 Å². The predicted molar refractivity (Wildman–Crippen MR) is 111 cm³/mol. The third kappa shape index (κ3) is 4.04. The maximum absolute atomic E-state index is 13.2. The van der Waals surface area contributed by atoms with Crippen molar-refractivity contribution in [3.63, 3.8) is 0 Å². The Hall–Kier alpha value is -1.96. The summed E-state index contributed by atoms with van der Waals surface area (Å²) in [4.78, 5) is 14.9. The molecule has 1 unspecified atom stereocenters. The summed E-state index contributed by atoms with van der Waals surface area (Å²) in [7, 11) is -3.57. The number of benzene rings is 2. The maximum atomic E-state index is 13.2. The molecule has 0 radical (unpaired) electrons. The second-order valence-electron chi connectivity index (χ2n) is 7.79. The quantitative estimate of drug-likeness (QED) is 0.731. The van der Waals surface area contributed by atoms with Gasteiger partial charge in [0.1, 0.15) is 5.82 Å². The lowest BCUT2D eigenvalue weighted by atomic mass is 9.79. The van der Waals surface area contributed by atoms with Crippen LogP contribution in [0.15, 0.2) is 48.5 Å². The second kappa shape index (κ2) is 7.70. The van der Waals surface area contributed by atoms with Crippen LogP contribution in [0.3, 0.4) is 0 Å². The van der Waals surface area contributed by atoms with Crippen LogP contribution in [0, 0.1) is 11.2 Å². The molecule has 2 aromatic carbocycles. The number of nitrogens with zero attached hydrogens (tertiary/aromatic N) is 2. The van der Waals surface area contributed by atoms with Crippen molar-refractivity contribution in [1.82, 2.24) is 4.31 Å². The second-order valence-corrected chi connectivity index (χ2v) is 10.2. The fourth-order valence-corrected chi connectivity index (χ4v) is 6.17. The van der Waals surface area contributed by atoms with Crippen LogP contribution in [0.1, 0.15) is 24.8 Å². The zero-order valence-electron chi connectivity index (χ0n) is 15.9. The highest BCUT2D eigenvalue weighted by Crippen LogP contribution is 2.42. The Morgan fingerprint density at radius 2 is 1.83 bits per heavy atom. The molecule has 1 atom stereocenters. The molecule has 2 heterocycles. The molecular weight excluding hydrogens is 415 g/mol. The number of hydrogen-bond donors (Lipinski definition) is 0. The molecular formula is C21H22ClFN2O3S. The van der Waals surface area contributed by atoms with Crippen molar-refractivity contribution < 1.29 is 17.6 Å². The number of rotatable bonds is 4. The Balaban J connectivity index is 1.53. The molecule has 154 valence electrons. The highest BCUT2D eigenvalue weighted by Gasteiger charge is 2.50. The molecule has 1 amide bonds. The fourth-order valence-electron chi connectivity index (χ4n) is 4.32. The van der Waals surface area contributed by atoms with Gasteiger partial charge in [0.15, 0.2) is 0 Å². The van der Waals surface area contributed by atoms with Crippen molar-refractivity contribution in [2.45, 2.75) is 25.0 Å². The predicted octanol–water partition coefficient (Wildman–Crippen LogP) is 3.83. The summed E-state index contributed by atoms with van der Waals surface area (Å²) in [6, 6.07) is 12.6. The molecule has 0 aromatic heterocycles. The van der Waals surface area contributed by atoms with Gasteiger partial charge in [0.05, 0.1) is 11.2 Å². The van der Waals surface area contributed by atoms with Crippen molar-refractivity contribution in [1.29, 1.82) is 0 Å². The van der Waals surface area contributed by atoms with Gasteiger partial charge in [-0.2, -0.15) is 0 Å². The molecule has 0 N–H and O–H groups in total. The first-order valence-electron chi connectivity index (χ1n) is 9.59. The summed E-state index contributed by atoms with van der Waals surface area (Å²) in [5, 5.41) is 0.494. The summed E-state index contributed by atoms with van der Waals surface area (Å²) in [5.41, 5.74) is 0.559. The van der Waals surface area contributed by atoms with Crippen LogP contribution >= 0.6 is 11.6 Å². The van der Waals surface area contributed by atoms with E-state index in [2.05, 4.69) is 0 Å². The average Bonchev–Trinajstić information content (AvgIpc) is 2.98. The van der Waals surface area contributed by atoms with Gasteiger partial charge in [0.2, 0.25) is 15.9 Å².